The zero-order valence-electron chi connectivity index (χ0n) is 14.4. The van der Waals surface area contributed by atoms with Crippen LogP contribution in [-0.4, -0.2) is 37.9 Å². The van der Waals surface area contributed by atoms with E-state index in [-0.39, 0.29) is 15.0 Å². The quantitative estimate of drug-likeness (QED) is 0.346. The predicted octanol–water partition coefficient (Wildman–Crippen LogP) is 5.40. The van der Waals surface area contributed by atoms with Gasteiger partial charge in [0.25, 0.3) is 5.91 Å². The van der Waals surface area contributed by atoms with E-state index in [2.05, 4.69) is 10.2 Å². The zero-order chi connectivity index (χ0) is 21.1. The van der Waals surface area contributed by atoms with Crippen LogP contribution in [0.25, 0.3) is 6.08 Å². The summed E-state index contributed by atoms with van der Waals surface area (Å²) in [5.74, 6) is -1.80. The number of benzene rings is 2. The van der Waals surface area contributed by atoms with E-state index in [1.165, 1.54) is 24.3 Å². The maximum absolute atomic E-state index is 12.4. The highest BCUT2D eigenvalue weighted by molar-refractivity contribution is 8.26. The van der Waals surface area contributed by atoms with Crippen LogP contribution < -0.4 is 0 Å². The first-order chi connectivity index (χ1) is 13.7. The summed E-state index contributed by atoms with van der Waals surface area (Å²) < 4.78 is 0.136. The zero-order valence-corrected chi connectivity index (χ0v) is 17.5. The molecule has 1 heterocycles. The number of amides is 1. The summed E-state index contributed by atoms with van der Waals surface area (Å²) >= 11 is 17.9. The third-order valence-corrected chi connectivity index (χ3v) is 5.56. The van der Waals surface area contributed by atoms with Gasteiger partial charge in [-0.15, -0.1) is 5.11 Å². The molecule has 2 aromatic rings. The van der Waals surface area contributed by atoms with Crippen LogP contribution in [0.1, 0.15) is 5.56 Å². The average molecular weight is 468 g/mol. The molecule has 0 atom stereocenters. The Bertz CT molecular complexity index is 1090. The number of carboxylic acids is 1. The van der Waals surface area contributed by atoms with Gasteiger partial charge in [0.2, 0.25) is 0 Å². The van der Waals surface area contributed by atoms with Crippen molar-refractivity contribution in [2.24, 2.45) is 10.2 Å². The minimum atomic E-state index is -1.17. The Morgan fingerprint density at radius 1 is 1.21 bits per heavy atom. The first kappa shape index (κ1) is 21.3. The third-order valence-electron chi connectivity index (χ3n) is 3.65. The fraction of sp³-hybridized carbons (Fsp3) is 0.0556. The van der Waals surface area contributed by atoms with E-state index in [4.69, 9.17) is 40.5 Å². The van der Waals surface area contributed by atoms with Crippen molar-refractivity contribution in [1.82, 2.24) is 4.90 Å². The van der Waals surface area contributed by atoms with Gasteiger partial charge in [-0.1, -0.05) is 47.2 Å². The van der Waals surface area contributed by atoms with Crippen molar-refractivity contribution < 1.29 is 19.8 Å². The lowest BCUT2D eigenvalue weighted by Gasteiger charge is -2.10. The van der Waals surface area contributed by atoms with Crippen LogP contribution in [-0.2, 0) is 9.59 Å². The Balaban J connectivity index is 1.87. The van der Waals surface area contributed by atoms with E-state index in [1.54, 1.807) is 18.2 Å². The fourth-order valence-corrected chi connectivity index (χ4v) is 4.00. The molecule has 1 fully saturated rings. The molecule has 1 aliphatic rings. The topological polar surface area (TPSA) is 103 Å². The van der Waals surface area contributed by atoms with E-state index >= 15 is 0 Å². The minimum Gasteiger partial charge on any atom is -0.507 e. The summed E-state index contributed by atoms with van der Waals surface area (Å²) in [6.07, 6.45) is 1.42. The van der Waals surface area contributed by atoms with Crippen LogP contribution in [0.3, 0.4) is 0 Å². The number of hydrogen-bond acceptors (Lipinski definition) is 7. The van der Waals surface area contributed by atoms with Gasteiger partial charge >= 0.3 is 5.97 Å². The molecule has 2 N–H and O–H groups in total. The number of rotatable bonds is 5. The van der Waals surface area contributed by atoms with Gasteiger partial charge in [0.15, 0.2) is 0 Å². The summed E-state index contributed by atoms with van der Waals surface area (Å²) in [5, 5.41) is 27.9. The molecule has 0 unspecified atom stereocenters. The molecule has 0 aromatic heterocycles. The van der Waals surface area contributed by atoms with Gasteiger partial charge in [-0.2, -0.15) is 5.11 Å². The second-order valence-corrected chi connectivity index (χ2v) is 8.22. The Hall–Kier alpha value is -2.46. The van der Waals surface area contributed by atoms with Crippen molar-refractivity contribution >= 4 is 80.8 Å². The highest BCUT2D eigenvalue weighted by atomic mass is 35.5. The van der Waals surface area contributed by atoms with Crippen LogP contribution in [0.5, 0.6) is 5.75 Å². The number of carbonyl (C=O) groups excluding carboxylic acids is 1. The van der Waals surface area contributed by atoms with E-state index in [0.717, 1.165) is 16.7 Å². The number of thiocarbonyl (C=S) groups is 1. The second kappa shape index (κ2) is 8.91. The molecular weight excluding hydrogens is 457 g/mol. The summed E-state index contributed by atoms with van der Waals surface area (Å²) in [6.45, 7) is -0.524. The monoisotopic (exact) mass is 467 g/mol. The number of nitrogens with zero attached hydrogens (tertiary/aromatic N) is 3. The van der Waals surface area contributed by atoms with Crippen molar-refractivity contribution in [1.29, 1.82) is 0 Å². The molecule has 1 saturated heterocycles. The summed E-state index contributed by atoms with van der Waals surface area (Å²) in [4.78, 5) is 24.4. The number of aromatic hydroxyl groups is 1. The maximum Gasteiger partial charge on any atom is 0.323 e. The highest BCUT2D eigenvalue weighted by Gasteiger charge is 2.33. The Kier molecular flexibility index (Phi) is 6.53. The number of thioether (sulfide) groups is 1. The molecule has 1 amide bonds. The SMILES string of the molecule is O=C(O)CN1C(=O)/C(=C\c2cc(N=Nc3ccc(Cl)cc3Cl)ccc2O)SC1=S. The van der Waals surface area contributed by atoms with Gasteiger partial charge in [0.05, 0.1) is 15.6 Å². The molecule has 0 saturated carbocycles. The van der Waals surface area contributed by atoms with E-state index in [9.17, 15) is 14.7 Å². The molecule has 2 aromatic carbocycles. The molecule has 148 valence electrons. The van der Waals surface area contributed by atoms with E-state index < -0.39 is 18.4 Å². The lowest BCUT2D eigenvalue weighted by atomic mass is 10.1. The lowest BCUT2D eigenvalue weighted by molar-refractivity contribution is -0.140. The first-order valence-electron chi connectivity index (χ1n) is 7.91. The van der Waals surface area contributed by atoms with Gasteiger partial charge < -0.3 is 10.2 Å². The van der Waals surface area contributed by atoms with Crippen molar-refractivity contribution in [3.63, 3.8) is 0 Å². The molecular formula is C18H11Cl2N3O4S2. The standard InChI is InChI=1S/C18H11Cl2N3O4S2/c19-10-1-3-13(12(20)7-10)22-21-11-2-4-14(24)9(5-11)6-15-17(27)23(8-16(25)26)18(28)29-15/h1-7,24H,8H2,(H,25,26)/b15-6+,22-21?. The number of hydrogen-bond donors (Lipinski definition) is 2. The maximum atomic E-state index is 12.4. The summed E-state index contributed by atoms with van der Waals surface area (Å²) in [7, 11) is 0. The van der Waals surface area contributed by atoms with Gasteiger partial charge in [0, 0.05) is 10.6 Å². The van der Waals surface area contributed by atoms with Crippen LogP contribution >= 0.6 is 47.2 Å². The van der Waals surface area contributed by atoms with Gasteiger partial charge in [-0.05, 0) is 42.5 Å². The third kappa shape index (κ3) is 5.13. The average Bonchev–Trinajstić information content (AvgIpc) is 2.90. The molecule has 11 heteroatoms. The molecule has 29 heavy (non-hydrogen) atoms. The molecule has 0 aliphatic carbocycles. The van der Waals surface area contributed by atoms with E-state index in [0.29, 0.717) is 27.0 Å². The molecule has 0 radical (unpaired) electrons. The number of halogens is 2. The summed E-state index contributed by atoms with van der Waals surface area (Å²) in [6, 6.07) is 9.24. The molecule has 0 spiro atoms. The number of carbonyl (C=O) groups is 2. The van der Waals surface area contributed by atoms with Crippen LogP contribution in [0.2, 0.25) is 10.0 Å². The minimum absolute atomic E-state index is 0.0861. The number of azo groups is 1. The Morgan fingerprint density at radius 2 is 1.97 bits per heavy atom. The van der Waals surface area contributed by atoms with Crippen LogP contribution in [0.15, 0.2) is 51.5 Å². The Morgan fingerprint density at radius 3 is 2.66 bits per heavy atom. The number of phenols is 1. The Labute approximate surface area is 184 Å². The second-order valence-electron chi connectivity index (χ2n) is 5.70. The first-order valence-corrected chi connectivity index (χ1v) is 9.89. The van der Waals surface area contributed by atoms with Crippen molar-refractivity contribution in [3.05, 3.63) is 56.9 Å². The van der Waals surface area contributed by atoms with E-state index in [1.807, 2.05) is 0 Å². The van der Waals surface area contributed by atoms with Crippen LogP contribution in [0.4, 0.5) is 11.4 Å². The van der Waals surface area contributed by atoms with Gasteiger partial charge in [-0.25, -0.2) is 0 Å². The molecule has 3 rings (SSSR count). The smallest absolute Gasteiger partial charge is 0.323 e. The highest BCUT2D eigenvalue weighted by Crippen LogP contribution is 2.35. The van der Waals surface area contributed by atoms with Gasteiger partial charge in [0.1, 0.15) is 22.3 Å². The molecule has 7 nitrogen and oxygen atoms in total. The normalized spacial score (nSPS) is 15.7. The predicted molar refractivity (Wildman–Crippen MR) is 116 cm³/mol. The number of phenolic OH excluding ortho intramolecular Hbond substituents is 1. The lowest BCUT2D eigenvalue weighted by Crippen LogP contribution is -2.33. The largest absolute Gasteiger partial charge is 0.507 e. The van der Waals surface area contributed by atoms with Crippen molar-refractivity contribution in [3.8, 4) is 5.75 Å². The number of carboxylic acid groups (broad SMARTS) is 1. The fourth-order valence-electron chi connectivity index (χ4n) is 2.31. The van der Waals surface area contributed by atoms with Gasteiger partial charge in [-0.3, -0.25) is 14.5 Å². The van der Waals surface area contributed by atoms with Crippen LogP contribution in [0, 0.1) is 0 Å². The molecule has 1 aliphatic heterocycles. The summed E-state index contributed by atoms with van der Waals surface area (Å²) in [5.41, 5.74) is 1.13. The van der Waals surface area contributed by atoms with Crippen molar-refractivity contribution in [2.45, 2.75) is 0 Å². The molecule has 0 bridgehead atoms. The van der Waals surface area contributed by atoms with Crippen molar-refractivity contribution in [2.75, 3.05) is 6.54 Å². The number of aliphatic carboxylic acids is 1.